The first kappa shape index (κ1) is 12.0. The van der Waals surface area contributed by atoms with Crippen molar-refractivity contribution in [3.63, 3.8) is 0 Å². The number of hydrogen-bond acceptors (Lipinski definition) is 3. The molecule has 0 aromatic heterocycles. The van der Waals surface area contributed by atoms with Crippen molar-refractivity contribution in [3.05, 3.63) is 0 Å². The van der Waals surface area contributed by atoms with Crippen LogP contribution in [0.2, 0.25) is 0 Å². The average Bonchev–Trinajstić information content (AvgIpc) is 2.68. The highest BCUT2D eigenvalue weighted by Crippen LogP contribution is 2.50. The molecule has 1 heterocycles. The molecule has 4 heteroatoms. The average molecular weight is 257 g/mol. The van der Waals surface area contributed by atoms with Gasteiger partial charge in [-0.05, 0) is 50.5 Å². The molecule has 3 aliphatic rings. The number of fused-ring (bicyclic) bond motifs is 1. The van der Waals surface area contributed by atoms with Gasteiger partial charge in [0.05, 0.1) is 11.0 Å². The van der Waals surface area contributed by atoms with E-state index in [1.54, 1.807) is 0 Å². The standard InChI is InChI=1S/C13H23NO2S/c15-17(16)9-3-8-14-11-4-7-13(10-12(11)17)5-1-2-6-13/h11-12,14H,1-10H2. The van der Waals surface area contributed by atoms with Crippen molar-refractivity contribution < 1.29 is 8.42 Å². The summed E-state index contributed by atoms with van der Waals surface area (Å²) in [5, 5.41) is 3.38. The van der Waals surface area contributed by atoms with Gasteiger partial charge in [-0.2, -0.15) is 0 Å². The van der Waals surface area contributed by atoms with E-state index in [9.17, 15) is 8.42 Å². The highest BCUT2D eigenvalue weighted by molar-refractivity contribution is 7.92. The summed E-state index contributed by atoms with van der Waals surface area (Å²) in [5.41, 5.74) is 0.389. The Kier molecular flexibility index (Phi) is 2.98. The molecule has 0 aromatic rings. The van der Waals surface area contributed by atoms with Gasteiger partial charge in [-0.3, -0.25) is 0 Å². The van der Waals surface area contributed by atoms with Crippen LogP contribution < -0.4 is 5.32 Å². The normalized spacial score (nSPS) is 39.8. The van der Waals surface area contributed by atoms with Crippen molar-refractivity contribution in [1.82, 2.24) is 5.32 Å². The Hall–Kier alpha value is -0.0900. The Bertz CT molecular complexity index is 384. The summed E-state index contributed by atoms with van der Waals surface area (Å²) in [6.45, 7) is 0.882. The number of rotatable bonds is 0. The van der Waals surface area contributed by atoms with Crippen LogP contribution in [0.3, 0.4) is 0 Å². The largest absolute Gasteiger partial charge is 0.313 e. The van der Waals surface area contributed by atoms with Crippen LogP contribution in [0.15, 0.2) is 0 Å². The third-order valence-electron chi connectivity index (χ3n) is 5.21. The topological polar surface area (TPSA) is 46.2 Å². The summed E-state index contributed by atoms with van der Waals surface area (Å²) in [7, 11) is -2.85. The Morgan fingerprint density at radius 1 is 1.06 bits per heavy atom. The lowest BCUT2D eigenvalue weighted by atomic mass is 9.71. The minimum Gasteiger partial charge on any atom is -0.313 e. The van der Waals surface area contributed by atoms with Crippen molar-refractivity contribution >= 4 is 9.84 Å². The fourth-order valence-corrected chi connectivity index (χ4v) is 6.41. The monoisotopic (exact) mass is 257 g/mol. The van der Waals surface area contributed by atoms with E-state index >= 15 is 0 Å². The first-order valence-electron chi connectivity index (χ1n) is 7.06. The molecule has 1 spiro atoms. The first-order valence-corrected chi connectivity index (χ1v) is 8.78. The number of sulfone groups is 1. The van der Waals surface area contributed by atoms with E-state index in [4.69, 9.17) is 0 Å². The van der Waals surface area contributed by atoms with Gasteiger partial charge in [0.25, 0.3) is 0 Å². The lowest BCUT2D eigenvalue weighted by Crippen LogP contribution is -2.49. The molecule has 0 bridgehead atoms. The fraction of sp³-hybridized carbons (Fsp3) is 1.00. The molecule has 3 fully saturated rings. The quantitative estimate of drug-likeness (QED) is 0.720. The van der Waals surface area contributed by atoms with Gasteiger partial charge in [-0.15, -0.1) is 0 Å². The van der Waals surface area contributed by atoms with E-state index < -0.39 is 9.84 Å². The van der Waals surface area contributed by atoms with Gasteiger partial charge in [-0.25, -0.2) is 8.42 Å². The summed E-state index contributed by atoms with van der Waals surface area (Å²) >= 11 is 0. The third kappa shape index (κ3) is 2.14. The molecule has 1 saturated heterocycles. The van der Waals surface area contributed by atoms with Crippen molar-refractivity contribution in [3.8, 4) is 0 Å². The van der Waals surface area contributed by atoms with E-state index in [0.717, 1.165) is 25.8 Å². The van der Waals surface area contributed by atoms with Gasteiger partial charge < -0.3 is 5.32 Å². The molecule has 2 atom stereocenters. The molecular formula is C13H23NO2S. The predicted octanol–water partition coefficient (Wildman–Crippen LogP) is 1.88. The smallest absolute Gasteiger partial charge is 0.154 e. The maximum absolute atomic E-state index is 12.3. The minimum absolute atomic E-state index is 0.0863. The van der Waals surface area contributed by atoms with Crippen LogP contribution in [0.25, 0.3) is 0 Å². The molecule has 2 unspecified atom stereocenters. The van der Waals surface area contributed by atoms with Crippen LogP contribution in [0.5, 0.6) is 0 Å². The molecule has 0 radical (unpaired) electrons. The van der Waals surface area contributed by atoms with Crippen molar-refractivity contribution in [2.24, 2.45) is 5.41 Å². The predicted molar refractivity (Wildman–Crippen MR) is 68.7 cm³/mol. The highest BCUT2D eigenvalue weighted by atomic mass is 32.2. The van der Waals surface area contributed by atoms with Crippen molar-refractivity contribution in [2.45, 2.75) is 62.7 Å². The van der Waals surface area contributed by atoms with E-state index in [1.165, 1.54) is 32.1 Å². The first-order chi connectivity index (χ1) is 8.11. The Morgan fingerprint density at radius 2 is 1.82 bits per heavy atom. The van der Waals surface area contributed by atoms with E-state index in [2.05, 4.69) is 5.32 Å². The minimum atomic E-state index is -2.85. The summed E-state index contributed by atoms with van der Waals surface area (Å²) in [5.74, 6) is 0.400. The van der Waals surface area contributed by atoms with Crippen molar-refractivity contribution in [2.75, 3.05) is 12.3 Å². The zero-order valence-electron chi connectivity index (χ0n) is 10.5. The van der Waals surface area contributed by atoms with Crippen LogP contribution in [-0.4, -0.2) is 32.0 Å². The van der Waals surface area contributed by atoms with Crippen LogP contribution in [0.1, 0.15) is 51.4 Å². The molecule has 0 amide bonds. The lowest BCUT2D eigenvalue weighted by molar-refractivity contribution is 0.173. The van der Waals surface area contributed by atoms with E-state index in [0.29, 0.717) is 11.2 Å². The molecule has 17 heavy (non-hydrogen) atoms. The maximum Gasteiger partial charge on any atom is 0.154 e. The molecule has 0 aromatic carbocycles. The molecule has 1 aliphatic heterocycles. The van der Waals surface area contributed by atoms with Gasteiger partial charge in [0, 0.05) is 6.04 Å². The highest BCUT2D eigenvalue weighted by Gasteiger charge is 2.47. The van der Waals surface area contributed by atoms with Gasteiger partial charge >= 0.3 is 0 Å². The van der Waals surface area contributed by atoms with E-state index in [-0.39, 0.29) is 11.3 Å². The summed E-state index contributed by atoms with van der Waals surface area (Å²) in [6, 6.07) is 0.244. The molecular weight excluding hydrogens is 234 g/mol. The van der Waals surface area contributed by atoms with Gasteiger partial charge in [0.1, 0.15) is 0 Å². The summed E-state index contributed by atoms with van der Waals surface area (Å²) < 4.78 is 24.7. The molecule has 3 nitrogen and oxygen atoms in total. The molecule has 3 rings (SSSR count). The van der Waals surface area contributed by atoms with E-state index in [1.807, 2.05) is 0 Å². The molecule has 1 N–H and O–H groups in total. The van der Waals surface area contributed by atoms with Crippen LogP contribution in [-0.2, 0) is 9.84 Å². The summed E-state index contributed by atoms with van der Waals surface area (Å²) in [4.78, 5) is 0. The number of nitrogens with one attached hydrogen (secondary N) is 1. The summed E-state index contributed by atoms with van der Waals surface area (Å²) in [6.07, 6.45) is 9.21. The van der Waals surface area contributed by atoms with Gasteiger partial charge in [0.15, 0.2) is 9.84 Å². The lowest BCUT2D eigenvalue weighted by Gasteiger charge is -2.41. The fourth-order valence-electron chi connectivity index (χ4n) is 4.22. The zero-order chi connectivity index (χ0) is 11.9. The van der Waals surface area contributed by atoms with Crippen molar-refractivity contribution in [1.29, 1.82) is 0 Å². The number of hydrogen-bond donors (Lipinski definition) is 1. The second-order valence-corrected chi connectivity index (χ2v) is 8.61. The second kappa shape index (κ2) is 4.23. The van der Waals surface area contributed by atoms with Gasteiger partial charge in [0.2, 0.25) is 0 Å². The third-order valence-corrected chi connectivity index (χ3v) is 7.48. The van der Waals surface area contributed by atoms with Crippen LogP contribution in [0.4, 0.5) is 0 Å². The Balaban J connectivity index is 1.86. The van der Waals surface area contributed by atoms with Gasteiger partial charge in [-0.1, -0.05) is 12.8 Å². The Labute approximate surface area is 104 Å². The van der Waals surface area contributed by atoms with Crippen LogP contribution >= 0.6 is 0 Å². The SMILES string of the molecule is O=S1(=O)CCCNC2CCC3(CCCC3)CC21. The maximum atomic E-state index is 12.3. The molecule has 2 saturated carbocycles. The molecule has 2 aliphatic carbocycles. The molecule has 98 valence electrons. The van der Waals surface area contributed by atoms with Crippen LogP contribution in [0, 0.1) is 5.41 Å². The Morgan fingerprint density at radius 3 is 2.59 bits per heavy atom. The zero-order valence-corrected chi connectivity index (χ0v) is 11.3. The second-order valence-electron chi connectivity index (χ2n) is 6.27.